The number of esters is 1. The summed E-state index contributed by atoms with van der Waals surface area (Å²) in [7, 11) is 1.35. The number of Topliss-reactive ketones (excluding diaryl/α,β-unsaturated/α-hetero) is 1. The quantitative estimate of drug-likeness (QED) is 0.305. The molecule has 1 aromatic heterocycles. The van der Waals surface area contributed by atoms with Gasteiger partial charge in [0.2, 0.25) is 0 Å². The average Bonchev–Trinajstić information content (AvgIpc) is 3.02. The van der Waals surface area contributed by atoms with Crippen molar-refractivity contribution in [2.24, 2.45) is 5.92 Å². The monoisotopic (exact) mass is 445 g/mol. The second-order valence-electron chi connectivity index (χ2n) is 7.60. The highest BCUT2D eigenvalue weighted by atomic mass is 35.5. The van der Waals surface area contributed by atoms with E-state index in [-0.39, 0.29) is 11.7 Å². The number of benzene rings is 2. The molecule has 1 heterocycles. The molecular formula is C24H25Cl2NO3. The highest BCUT2D eigenvalue weighted by Crippen LogP contribution is 2.34. The number of hydrogen-bond donors (Lipinski definition) is 0. The van der Waals surface area contributed by atoms with E-state index in [4.69, 9.17) is 27.9 Å². The lowest BCUT2D eigenvalue weighted by atomic mass is 9.96. The summed E-state index contributed by atoms with van der Waals surface area (Å²) in [4.78, 5) is 25.3. The maximum Gasteiger partial charge on any atom is 0.337 e. The van der Waals surface area contributed by atoms with Crippen molar-refractivity contribution in [1.82, 2.24) is 4.57 Å². The van der Waals surface area contributed by atoms with Gasteiger partial charge in [0.25, 0.3) is 0 Å². The molecule has 6 heteroatoms. The van der Waals surface area contributed by atoms with Crippen LogP contribution in [0.25, 0.3) is 10.9 Å². The molecule has 0 atom stereocenters. The number of hydrogen-bond acceptors (Lipinski definition) is 3. The van der Waals surface area contributed by atoms with E-state index >= 15 is 0 Å². The molecule has 30 heavy (non-hydrogen) atoms. The lowest BCUT2D eigenvalue weighted by Crippen LogP contribution is -2.12. The summed E-state index contributed by atoms with van der Waals surface area (Å²) in [6, 6.07) is 10.7. The first-order valence-electron chi connectivity index (χ1n) is 10.0. The number of ether oxygens (including phenoxy) is 1. The first-order valence-corrected chi connectivity index (χ1v) is 10.8. The van der Waals surface area contributed by atoms with Crippen LogP contribution in [0.2, 0.25) is 10.0 Å². The molecule has 0 amide bonds. The van der Waals surface area contributed by atoms with Crippen LogP contribution in [0.5, 0.6) is 0 Å². The van der Waals surface area contributed by atoms with Crippen molar-refractivity contribution in [2.75, 3.05) is 7.11 Å². The number of methoxy groups -OCH3 is 1. The van der Waals surface area contributed by atoms with Gasteiger partial charge in [0.1, 0.15) is 0 Å². The van der Waals surface area contributed by atoms with E-state index in [1.165, 1.54) is 7.11 Å². The Bertz CT molecular complexity index is 1100. The molecule has 0 saturated carbocycles. The van der Waals surface area contributed by atoms with Gasteiger partial charge in [-0.2, -0.15) is 0 Å². The van der Waals surface area contributed by atoms with Crippen molar-refractivity contribution in [3.63, 3.8) is 0 Å². The van der Waals surface area contributed by atoms with Gasteiger partial charge < -0.3 is 9.30 Å². The van der Waals surface area contributed by atoms with Gasteiger partial charge in [0.15, 0.2) is 5.78 Å². The molecule has 0 radical (unpaired) electrons. The van der Waals surface area contributed by atoms with Gasteiger partial charge in [0, 0.05) is 38.2 Å². The Morgan fingerprint density at radius 2 is 1.77 bits per heavy atom. The standard InChI is InChI=1S/C24H25Cl2NO3/c1-5-7-20-22(23(28)14(2)3)16-11-10-15(24(29)30-4)12-21(16)27(20)13-17-18(25)8-6-9-19(17)26/h6,8-12,14H,5,7,13H2,1-4H3. The highest BCUT2D eigenvalue weighted by Gasteiger charge is 2.25. The van der Waals surface area contributed by atoms with E-state index in [1.54, 1.807) is 30.3 Å². The minimum Gasteiger partial charge on any atom is -0.465 e. The van der Waals surface area contributed by atoms with Gasteiger partial charge in [-0.05, 0) is 30.7 Å². The maximum absolute atomic E-state index is 13.2. The molecule has 3 aromatic rings. The highest BCUT2D eigenvalue weighted by molar-refractivity contribution is 6.36. The molecule has 0 aliphatic carbocycles. The third kappa shape index (κ3) is 4.12. The number of ketones is 1. The zero-order chi connectivity index (χ0) is 22.0. The molecule has 0 aliphatic heterocycles. The Morgan fingerprint density at radius 3 is 2.33 bits per heavy atom. The summed E-state index contributed by atoms with van der Waals surface area (Å²) in [5.74, 6) is -0.490. The van der Waals surface area contributed by atoms with Crippen molar-refractivity contribution in [3.8, 4) is 0 Å². The zero-order valence-electron chi connectivity index (χ0n) is 17.6. The summed E-state index contributed by atoms with van der Waals surface area (Å²) in [5.41, 5.74) is 3.65. The number of halogens is 2. The number of fused-ring (bicyclic) bond motifs is 1. The number of carbonyl (C=O) groups excluding carboxylic acids is 2. The van der Waals surface area contributed by atoms with Crippen molar-refractivity contribution in [3.05, 3.63) is 68.8 Å². The second-order valence-corrected chi connectivity index (χ2v) is 8.41. The van der Waals surface area contributed by atoms with Crippen molar-refractivity contribution in [1.29, 1.82) is 0 Å². The Morgan fingerprint density at radius 1 is 1.10 bits per heavy atom. The lowest BCUT2D eigenvalue weighted by Gasteiger charge is -2.15. The summed E-state index contributed by atoms with van der Waals surface area (Å²) >= 11 is 12.9. The van der Waals surface area contributed by atoms with Crippen molar-refractivity contribution in [2.45, 2.75) is 40.2 Å². The topological polar surface area (TPSA) is 48.3 Å². The van der Waals surface area contributed by atoms with Crippen LogP contribution in [0.3, 0.4) is 0 Å². The first-order chi connectivity index (χ1) is 14.3. The Labute approximate surface area is 186 Å². The molecule has 3 rings (SSSR count). The zero-order valence-corrected chi connectivity index (χ0v) is 19.1. The van der Waals surface area contributed by atoms with Crippen LogP contribution in [-0.2, 0) is 17.7 Å². The second kappa shape index (κ2) is 9.23. The SMILES string of the molecule is CCCc1c(C(=O)C(C)C)c2ccc(C(=O)OC)cc2n1Cc1c(Cl)cccc1Cl. The smallest absolute Gasteiger partial charge is 0.337 e. The van der Waals surface area contributed by atoms with Crippen LogP contribution in [0.15, 0.2) is 36.4 Å². The van der Waals surface area contributed by atoms with Gasteiger partial charge >= 0.3 is 5.97 Å². The molecule has 0 bridgehead atoms. The molecule has 158 valence electrons. The fourth-order valence-corrected chi connectivity index (χ4v) is 4.25. The van der Waals surface area contributed by atoms with Crippen LogP contribution in [0, 0.1) is 5.92 Å². The molecule has 4 nitrogen and oxygen atoms in total. The van der Waals surface area contributed by atoms with Crippen LogP contribution in [0.4, 0.5) is 0 Å². The Hall–Kier alpha value is -2.30. The van der Waals surface area contributed by atoms with Crippen LogP contribution in [-0.4, -0.2) is 23.4 Å². The summed E-state index contributed by atoms with van der Waals surface area (Å²) < 4.78 is 6.96. The minimum absolute atomic E-state index is 0.0817. The van der Waals surface area contributed by atoms with E-state index in [0.717, 1.165) is 35.0 Å². The van der Waals surface area contributed by atoms with Gasteiger partial charge in [0.05, 0.1) is 24.7 Å². The van der Waals surface area contributed by atoms with Crippen LogP contribution >= 0.6 is 23.2 Å². The molecule has 0 aliphatic rings. The normalized spacial score (nSPS) is 11.3. The summed E-state index contributed by atoms with van der Waals surface area (Å²) in [6.45, 7) is 6.28. The largest absolute Gasteiger partial charge is 0.465 e. The average molecular weight is 446 g/mol. The molecule has 0 spiro atoms. The first kappa shape index (κ1) is 22.4. The fraction of sp³-hybridized carbons (Fsp3) is 0.333. The maximum atomic E-state index is 13.2. The van der Waals surface area contributed by atoms with Crippen molar-refractivity contribution < 1.29 is 14.3 Å². The predicted molar refractivity (Wildman–Crippen MR) is 122 cm³/mol. The van der Waals surface area contributed by atoms with E-state index in [9.17, 15) is 9.59 Å². The van der Waals surface area contributed by atoms with E-state index < -0.39 is 5.97 Å². The number of rotatable bonds is 7. The number of nitrogens with zero attached hydrogens (tertiary/aromatic N) is 1. The lowest BCUT2D eigenvalue weighted by molar-refractivity contribution is 0.0600. The van der Waals surface area contributed by atoms with Gasteiger partial charge in [-0.15, -0.1) is 0 Å². The van der Waals surface area contributed by atoms with Gasteiger partial charge in [-0.3, -0.25) is 4.79 Å². The summed E-state index contributed by atoms with van der Waals surface area (Å²) in [6.07, 6.45) is 1.59. The van der Waals surface area contributed by atoms with Crippen molar-refractivity contribution >= 4 is 45.9 Å². The van der Waals surface area contributed by atoms with Crippen LogP contribution < -0.4 is 0 Å². The molecule has 0 unspecified atom stereocenters. The van der Waals surface area contributed by atoms with Gasteiger partial charge in [-0.25, -0.2) is 4.79 Å². The number of carbonyl (C=O) groups is 2. The van der Waals surface area contributed by atoms with E-state index in [1.807, 2.05) is 19.9 Å². The van der Waals surface area contributed by atoms with Gasteiger partial charge in [-0.1, -0.05) is 62.5 Å². The van der Waals surface area contributed by atoms with E-state index in [2.05, 4.69) is 11.5 Å². The Balaban J connectivity index is 2.35. The fourth-order valence-electron chi connectivity index (χ4n) is 3.73. The molecule has 2 aromatic carbocycles. The van der Waals surface area contributed by atoms with E-state index in [0.29, 0.717) is 27.7 Å². The molecule has 0 N–H and O–H groups in total. The predicted octanol–water partition coefficient (Wildman–Crippen LogP) is 6.57. The minimum atomic E-state index is -0.422. The molecule has 0 saturated heterocycles. The Kier molecular flexibility index (Phi) is 6.89. The summed E-state index contributed by atoms with van der Waals surface area (Å²) in [5, 5.41) is 1.95. The number of aromatic nitrogens is 1. The third-order valence-corrected chi connectivity index (χ3v) is 5.94. The molecular weight excluding hydrogens is 421 g/mol. The third-order valence-electron chi connectivity index (χ3n) is 5.23. The molecule has 0 fully saturated rings. The van der Waals surface area contributed by atoms with Crippen LogP contribution in [0.1, 0.15) is 59.2 Å².